The van der Waals surface area contributed by atoms with Crippen molar-refractivity contribution in [1.29, 1.82) is 0 Å². The van der Waals surface area contributed by atoms with Gasteiger partial charge in [-0.3, -0.25) is 9.36 Å². The van der Waals surface area contributed by atoms with Gasteiger partial charge in [0, 0.05) is 19.2 Å². The fourth-order valence-corrected chi connectivity index (χ4v) is 2.74. The van der Waals surface area contributed by atoms with Gasteiger partial charge in [0.1, 0.15) is 6.54 Å². The Bertz CT molecular complexity index is 700. The largest absolute Gasteiger partial charge is 0.481 e. The van der Waals surface area contributed by atoms with Gasteiger partial charge in [-0.05, 0) is 31.1 Å². The molecule has 1 aliphatic rings. The molecule has 0 bridgehead atoms. The van der Waals surface area contributed by atoms with E-state index in [-0.39, 0.29) is 12.5 Å². The third kappa shape index (κ3) is 2.29. The standard InChI is InChI=1S/C13H16N4O2S/c1-19-10-5-4-9-12(15-10)17(13(20)14-9)8-11(18)16-6-2-3-7-16/h4-5H,2-3,6-8H2,1H3,(H,14,20). The van der Waals surface area contributed by atoms with Crippen LogP contribution < -0.4 is 4.74 Å². The zero-order valence-corrected chi connectivity index (χ0v) is 12.1. The number of ether oxygens (including phenoxy) is 1. The van der Waals surface area contributed by atoms with Crippen molar-refractivity contribution in [2.75, 3.05) is 20.2 Å². The van der Waals surface area contributed by atoms with Crippen LogP contribution in [0.25, 0.3) is 11.2 Å². The molecule has 7 heteroatoms. The van der Waals surface area contributed by atoms with Crippen molar-refractivity contribution in [3.63, 3.8) is 0 Å². The van der Waals surface area contributed by atoms with E-state index in [4.69, 9.17) is 17.0 Å². The van der Waals surface area contributed by atoms with E-state index in [0.717, 1.165) is 31.4 Å². The zero-order valence-electron chi connectivity index (χ0n) is 11.3. The smallest absolute Gasteiger partial charge is 0.242 e. The lowest BCUT2D eigenvalue weighted by Crippen LogP contribution is -2.31. The van der Waals surface area contributed by atoms with Crippen LogP contribution in [0.4, 0.5) is 0 Å². The Balaban J connectivity index is 1.95. The second kappa shape index (κ2) is 5.24. The molecule has 20 heavy (non-hydrogen) atoms. The Morgan fingerprint density at radius 2 is 2.20 bits per heavy atom. The summed E-state index contributed by atoms with van der Waals surface area (Å²) in [4.78, 5) is 21.6. The molecule has 6 nitrogen and oxygen atoms in total. The molecule has 3 heterocycles. The Morgan fingerprint density at radius 1 is 1.45 bits per heavy atom. The quantitative estimate of drug-likeness (QED) is 0.875. The van der Waals surface area contributed by atoms with Crippen LogP contribution in [0.2, 0.25) is 0 Å². The second-order valence-electron chi connectivity index (χ2n) is 4.83. The van der Waals surface area contributed by atoms with Crippen LogP contribution in [0.5, 0.6) is 5.88 Å². The van der Waals surface area contributed by atoms with Gasteiger partial charge < -0.3 is 14.6 Å². The molecule has 1 saturated heterocycles. The molecule has 2 aromatic rings. The molecule has 1 N–H and O–H groups in total. The van der Waals surface area contributed by atoms with Crippen LogP contribution in [-0.4, -0.2) is 45.5 Å². The van der Waals surface area contributed by atoms with Crippen LogP contribution in [0.1, 0.15) is 12.8 Å². The number of hydrogen-bond donors (Lipinski definition) is 1. The highest BCUT2D eigenvalue weighted by molar-refractivity contribution is 7.71. The number of aromatic amines is 1. The number of carbonyl (C=O) groups is 1. The molecule has 1 amide bonds. The summed E-state index contributed by atoms with van der Waals surface area (Å²) in [5.41, 5.74) is 1.46. The fourth-order valence-electron chi connectivity index (χ4n) is 2.48. The van der Waals surface area contributed by atoms with Crippen molar-refractivity contribution in [3.05, 3.63) is 16.9 Å². The van der Waals surface area contributed by atoms with Gasteiger partial charge in [0.25, 0.3) is 0 Å². The number of rotatable bonds is 3. The third-order valence-corrected chi connectivity index (χ3v) is 3.88. The maximum Gasteiger partial charge on any atom is 0.242 e. The summed E-state index contributed by atoms with van der Waals surface area (Å²) in [7, 11) is 1.56. The number of imidazole rings is 1. The number of nitrogens with zero attached hydrogens (tertiary/aromatic N) is 3. The maximum absolute atomic E-state index is 12.2. The van der Waals surface area contributed by atoms with Gasteiger partial charge in [0.2, 0.25) is 11.8 Å². The van der Waals surface area contributed by atoms with Crippen molar-refractivity contribution in [3.8, 4) is 5.88 Å². The average Bonchev–Trinajstić information content (AvgIpc) is 3.07. The molecule has 106 valence electrons. The van der Waals surface area contributed by atoms with E-state index in [1.54, 1.807) is 17.7 Å². The van der Waals surface area contributed by atoms with Crippen LogP contribution in [0.15, 0.2) is 12.1 Å². The highest BCUT2D eigenvalue weighted by Crippen LogP contribution is 2.17. The highest BCUT2D eigenvalue weighted by atomic mass is 32.1. The van der Waals surface area contributed by atoms with Gasteiger partial charge >= 0.3 is 0 Å². The summed E-state index contributed by atoms with van der Waals surface area (Å²) < 4.78 is 7.36. The zero-order chi connectivity index (χ0) is 14.1. The first-order chi connectivity index (χ1) is 9.69. The number of methoxy groups -OCH3 is 1. The maximum atomic E-state index is 12.2. The summed E-state index contributed by atoms with van der Waals surface area (Å²) in [6.45, 7) is 1.90. The van der Waals surface area contributed by atoms with E-state index in [2.05, 4.69) is 9.97 Å². The van der Waals surface area contributed by atoms with E-state index in [0.29, 0.717) is 16.3 Å². The lowest BCUT2D eigenvalue weighted by molar-refractivity contribution is -0.130. The van der Waals surface area contributed by atoms with Crippen LogP contribution in [0, 0.1) is 4.77 Å². The van der Waals surface area contributed by atoms with E-state index in [1.807, 2.05) is 11.0 Å². The summed E-state index contributed by atoms with van der Waals surface area (Å²) in [5, 5.41) is 0. The summed E-state index contributed by atoms with van der Waals surface area (Å²) in [6.07, 6.45) is 2.16. The van der Waals surface area contributed by atoms with Gasteiger partial charge in [-0.15, -0.1) is 0 Å². The normalized spacial score (nSPS) is 14.9. The molecule has 0 unspecified atom stereocenters. The predicted octanol–water partition coefficient (Wildman–Crippen LogP) is 1.72. The van der Waals surface area contributed by atoms with Gasteiger partial charge in [-0.2, -0.15) is 4.98 Å². The number of H-pyrrole nitrogens is 1. The topological polar surface area (TPSA) is 63.1 Å². The molecule has 0 radical (unpaired) electrons. The first-order valence-electron chi connectivity index (χ1n) is 6.60. The number of carbonyl (C=O) groups excluding carboxylic acids is 1. The first kappa shape index (κ1) is 13.1. The minimum Gasteiger partial charge on any atom is -0.481 e. The number of hydrogen-bond acceptors (Lipinski definition) is 4. The summed E-state index contributed by atoms with van der Waals surface area (Å²) >= 11 is 5.28. The van der Waals surface area contributed by atoms with Crippen LogP contribution >= 0.6 is 12.2 Å². The molecule has 0 saturated carbocycles. The molecular weight excluding hydrogens is 276 g/mol. The van der Waals surface area contributed by atoms with Crippen molar-refractivity contribution >= 4 is 29.3 Å². The van der Waals surface area contributed by atoms with Gasteiger partial charge in [0.05, 0.1) is 12.6 Å². The molecular formula is C13H16N4O2S. The van der Waals surface area contributed by atoms with Crippen LogP contribution in [-0.2, 0) is 11.3 Å². The number of fused-ring (bicyclic) bond motifs is 1. The summed E-state index contributed by atoms with van der Waals surface area (Å²) in [5.74, 6) is 0.595. The minimum atomic E-state index is 0.0871. The van der Waals surface area contributed by atoms with Gasteiger partial charge in [-0.1, -0.05) is 0 Å². The van der Waals surface area contributed by atoms with E-state index < -0.39 is 0 Å². The fraction of sp³-hybridized carbons (Fsp3) is 0.462. The Labute approximate surface area is 121 Å². The molecule has 0 aliphatic carbocycles. The van der Waals surface area contributed by atoms with E-state index in [1.165, 1.54) is 0 Å². The Kier molecular flexibility index (Phi) is 3.43. The molecule has 1 fully saturated rings. The Hall–Kier alpha value is -1.89. The summed E-state index contributed by atoms with van der Waals surface area (Å²) in [6, 6.07) is 3.62. The first-order valence-corrected chi connectivity index (χ1v) is 7.01. The Morgan fingerprint density at radius 3 is 2.90 bits per heavy atom. The number of likely N-dealkylation sites (tertiary alicyclic amines) is 1. The van der Waals surface area contributed by atoms with Gasteiger partial charge in [0.15, 0.2) is 10.4 Å². The highest BCUT2D eigenvalue weighted by Gasteiger charge is 2.19. The molecule has 1 aliphatic heterocycles. The number of nitrogens with one attached hydrogen (secondary N) is 1. The molecule has 0 spiro atoms. The monoisotopic (exact) mass is 292 g/mol. The molecule has 0 aromatic carbocycles. The van der Waals surface area contributed by atoms with Crippen molar-refractivity contribution in [1.82, 2.24) is 19.4 Å². The number of amides is 1. The van der Waals surface area contributed by atoms with Crippen molar-refractivity contribution in [2.45, 2.75) is 19.4 Å². The van der Waals surface area contributed by atoms with Crippen molar-refractivity contribution < 1.29 is 9.53 Å². The van der Waals surface area contributed by atoms with Crippen molar-refractivity contribution in [2.24, 2.45) is 0 Å². The SMILES string of the molecule is COc1ccc2[nH]c(=S)n(CC(=O)N3CCCC3)c2n1. The number of pyridine rings is 1. The average molecular weight is 292 g/mol. The minimum absolute atomic E-state index is 0.0871. The third-order valence-electron chi connectivity index (χ3n) is 3.55. The predicted molar refractivity (Wildman–Crippen MR) is 77.3 cm³/mol. The molecule has 2 aromatic heterocycles. The molecule has 3 rings (SSSR count). The van der Waals surface area contributed by atoms with Gasteiger partial charge in [-0.25, -0.2) is 0 Å². The second-order valence-corrected chi connectivity index (χ2v) is 5.22. The molecule has 0 atom stereocenters. The number of aromatic nitrogens is 3. The van der Waals surface area contributed by atoms with E-state index in [9.17, 15) is 4.79 Å². The van der Waals surface area contributed by atoms with Crippen LogP contribution in [0.3, 0.4) is 0 Å². The lowest BCUT2D eigenvalue weighted by atomic mass is 10.4. The van der Waals surface area contributed by atoms with E-state index >= 15 is 0 Å². The lowest BCUT2D eigenvalue weighted by Gasteiger charge is -2.15.